The summed E-state index contributed by atoms with van der Waals surface area (Å²) in [6, 6.07) is 9.66. The van der Waals surface area contributed by atoms with Crippen molar-refractivity contribution in [2.75, 3.05) is 25.6 Å². The molecule has 4 aliphatic rings. The van der Waals surface area contributed by atoms with Crippen molar-refractivity contribution in [2.24, 2.45) is 5.92 Å². The van der Waals surface area contributed by atoms with Gasteiger partial charge in [-0.25, -0.2) is 0 Å². The Kier molecular flexibility index (Phi) is 7.31. The highest BCUT2D eigenvalue weighted by Crippen LogP contribution is 2.46. The van der Waals surface area contributed by atoms with Crippen LogP contribution in [0.3, 0.4) is 0 Å². The van der Waals surface area contributed by atoms with Gasteiger partial charge in [0, 0.05) is 43.6 Å². The molecular weight excluding hydrogens is 388 g/mol. The van der Waals surface area contributed by atoms with Crippen molar-refractivity contribution >= 4 is 17.6 Å². The molecule has 1 aromatic carbocycles. The SMILES string of the molecule is CN1C(=O)CCCCCCCCC(=O)OC[C@H]2[C@H](C[C@@H]3CC[C@H]2N3C)c2ccc1cc2. The van der Waals surface area contributed by atoms with Crippen LogP contribution >= 0.6 is 0 Å². The Morgan fingerprint density at radius 2 is 1.55 bits per heavy atom. The van der Waals surface area contributed by atoms with Crippen molar-refractivity contribution in [1.29, 1.82) is 0 Å². The summed E-state index contributed by atoms with van der Waals surface area (Å²) in [7, 11) is 4.12. The molecule has 0 spiro atoms. The lowest BCUT2D eigenvalue weighted by atomic mass is 9.76. The number of esters is 1. The van der Waals surface area contributed by atoms with E-state index in [1.165, 1.54) is 18.4 Å². The summed E-state index contributed by atoms with van der Waals surface area (Å²) >= 11 is 0. The normalized spacial score (nSPS) is 31.5. The maximum atomic E-state index is 12.6. The second-order valence-corrected chi connectivity index (χ2v) is 9.82. The van der Waals surface area contributed by atoms with Gasteiger partial charge in [-0.15, -0.1) is 0 Å². The summed E-state index contributed by atoms with van der Waals surface area (Å²) in [5, 5.41) is 0. The van der Waals surface area contributed by atoms with Crippen LogP contribution in [0.15, 0.2) is 24.3 Å². The van der Waals surface area contributed by atoms with Crippen molar-refractivity contribution in [1.82, 2.24) is 4.90 Å². The Morgan fingerprint density at radius 3 is 2.29 bits per heavy atom. The minimum atomic E-state index is -0.0398. The molecule has 170 valence electrons. The molecule has 2 saturated heterocycles. The lowest BCUT2D eigenvalue weighted by Gasteiger charge is -2.43. The van der Waals surface area contributed by atoms with E-state index in [1.807, 2.05) is 7.05 Å². The Balaban J connectivity index is 1.55. The van der Waals surface area contributed by atoms with E-state index in [-0.39, 0.29) is 11.9 Å². The number of amides is 1. The number of carbonyl (C=O) groups excluding carboxylic acids is 2. The van der Waals surface area contributed by atoms with Gasteiger partial charge >= 0.3 is 5.97 Å². The Labute approximate surface area is 187 Å². The molecule has 0 radical (unpaired) electrons. The molecule has 2 fully saturated rings. The first kappa shape index (κ1) is 22.3. The number of carbonyl (C=O) groups is 2. The molecule has 0 aromatic heterocycles. The molecule has 5 heteroatoms. The topological polar surface area (TPSA) is 49.9 Å². The molecule has 0 N–H and O–H groups in total. The van der Waals surface area contributed by atoms with Crippen LogP contribution in [0.25, 0.3) is 0 Å². The molecule has 31 heavy (non-hydrogen) atoms. The number of hydrogen-bond donors (Lipinski definition) is 0. The zero-order valence-electron chi connectivity index (χ0n) is 19.2. The van der Waals surface area contributed by atoms with Gasteiger partial charge in [0.05, 0.1) is 6.61 Å². The molecule has 5 rings (SSSR count). The average Bonchev–Trinajstić information content (AvgIpc) is 3.02. The van der Waals surface area contributed by atoms with Gasteiger partial charge in [0.1, 0.15) is 0 Å². The van der Waals surface area contributed by atoms with E-state index in [0.717, 1.165) is 50.6 Å². The second-order valence-electron chi connectivity index (χ2n) is 9.82. The highest BCUT2D eigenvalue weighted by Gasteiger charge is 2.46. The minimum Gasteiger partial charge on any atom is -0.465 e. The smallest absolute Gasteiger partial charge is 0.305 e. The fourth-order valence-corrected chi connectivity index (χ4v) is 5.96. The Bertz CT molecular complexity index is 762. The third-order valence-electron chi connectivity index (χ3n) is 7.97. The molecule has 4 aliphatic heterocycles. The molecule has 0 unspecified atom stereocenters. The predicted molar refractivity (Wildman–Crippen MR) is 123 cm³/mol. The first-order valence-electron chi connectivity index (χ1n) is 12.3. The predicted octanol–water partition coefficient (Wildman–Crippen LogP) is 4.89. The summed E-state index contributed by atoms with van der Waals surface area (Å²) in [4.78, 5) is 29.3. The number of hydrogen-bond acceptors (Lipinski definition) is 4. The fourth-order valence-electron chi connectivity index (χ4n) is 5.96. The second kappa shape index (κ2) is 10.2. The summed E-state index contributed by atoms with van der Waals surface area (Å²) in [6.07, 6.45) is 10.9. The van der Waals surface area contributed by atoms with Crippen LogP contribution in [0.5, 0.6) is 0 Å². The standard InChI is InChI=1S/C26H38N2O3/c1-27-21-15-16-24(27)23-18-31-26(30)10-8-6-4-3-5-7-9-25(29)28(2)20-13-11-19(12-14-20)22(23)17-21/h11-14,21-24H,3-10,15-18H2,1-2H3/t21-,22+,23-,24+/m0/s1. The summed E-state index contributed by atoms with van der Waals surface area (Å²) in [5.74, 6) is 0.889. The van der Waals surface area contributed by atoms with Crippen molar-refractivity contribution in [3.05, 3.63) is 29.8 Å². The third-order valence-corrected chi connectivity index (χ3v) is 7.97. The van der Waals surface area contributed by atoms with Gasteiger partial charge in [0.2, 0.25) is 5.91 Å². The molecular formula is C26H38N2O3. The number of nitrogens with zero attached hydrogens (tertiary/aromatic N) is 2. The van der Waals surface area contributed by atoms with Gasteiger partial charge in [-0.3, -0.25) is 9.59 Å². The highest BCUT2D eigenvalue weighted by molar-refractivity contribution is 5.92. The van der Waals surface area contributed by atoms with Crippen LogP contribution in [-0.2, 0) is 14.3 Å². The summed E-state index contributed by atoms with van der Waals surface area (Å²) in [6.45, 7) is 0.519. The lowest BCUT2D eigenvalue weighted by Crippen LogP contribution is -2.47. The maximum absolute atomic E-state index is 12.6. The quantitative estimate of drug-likeness (QED) is 0.554. The van der Waals surface area contributed by atoms with Crippen molar-refractivity contribution in [3.8, 4) is 0 Å². The molecule has 1 amide bonds. The maximum Gasteiger partial charge on any atom is 0.305 e. The first-order valence-corrected chi connectivity index (χ1v) is 12.3. The van der Waals surface area contributed by atoms with Gasteiger partial charge in [0.15, 0.2) is 0 Å². The largest absolute Gasteiger partial charge is 0.465 e. The van der Waals surface area contributed by atoms with Crippen LogP contribution in [0, 0.1) is 5.92 Å². The molecule has 4 bridgehead atoms. The summed E-state index contributed by atoms with van der Waals surface area (Å²) < 4.78 is 5.83. The van der Waals surface area contributed by atoms with Crippen molar-refractivity contribution in [3.63, 3.8) is 0 Å². The zero-order chi connectivity index (χ0) is 21.8. The first-order chi connectivity index (χ1) is 15.0. The number of piperidine rings is 1. The van der Waals surface area contributed by atoms with Gasteiger partial charge in [-0.1, -0.05) is 37.8 Å². The fraction of sp³-hybridized carbons (Fsp3) is 0.692. The number of ether oxygens (including phenoxy) is 1. The van der Waals surface area contributed by atoms with Gasteiger partial charge in [-0.2, -0.15) is 0 Å². The van der Waals surface area contributed by atoms with E-state index in [0.29, 0.717) is 43.4 Å². The van der Waals surface area contributed by atoms with Crippen LogP contribution in [0.4, 0.5) is 5.69 Å². The molecule has 4 atom stereocenters. The van der Waals surface area contributed by atoms with Gasteiger partial charge in [0.25, 0.3) is 0 Å². The van der Waals surface area contributed by atoms with E-state index in [9.17, 15) is 9.59 Å². The van der Waals surface area contributed by atoms with Crippen molar-refractivity contribution in [2.45, 2.75) is 88.6 Å². The van der Waals surface area contributed by atoms with E-state index >= 15 is 0 Å². The van der Waals surface area contributed by atoms with Crippen molar-refractivity contribution < 1.29 is 14.3 Å². The number of rotatable bonds is 0. The molecule has 0 aliphatic carbocycles. The third kappa shape index (κ3) is 5.14. The highest BCUT2D eigenvalue weighted by atomic mass is 16.5. The zero-order valence-corrected chi connectivity index (χ0v) is 19.2. The van der Waals surface area contributed by atoms with Crippen LogP contribution in [0.1, 0.15) is 82.1 Å². The molecule has 1 aromatic rings. The summed E-state index contributed by atoms with van der Waals surface area (Å²) in [5.41, 5.74) is 2.28. The molecule has 4 heterocycles. The van der Waals surface area contributed by atoms with E-state index < -0.39 is 0 Å². The molecule has 0 saturated carbocycles. The number of fused-ring (bicyclic) bond motifs is 16. The Hall–Kier alpha value is -1.88. The molecule has 5 nitrogen and oxygen atoms in total. The average molecular weight is 427 g/mol. The van der Waals surface area contributed by atoms with E-state index in [1.54, 1.807) is 4.90 Å². The van der Waals surface area contributed by atoms with E-state index in [2.05, 4.69) is 36.2 Å². The monoisotopic (exact) mass is 426 g/mol. The van der Waals surface area contributed by atoms with Gasteiger partial charge < -0.3 is 14.5 Å². The van der Waals surface area contributed by atoms with Crippen LogP contribution in [-0.4, -0.2) is 49.6 Å². The van der Waals surface area contributed by atoms with Gasteiger partial charge in [-0.05, 0) is 62.8 Å². The van der Waals surface area contributed by atoms with E-state index in [4.69, 9.17) is 4.74 Å². The van der Waals surface area contributed by atoms with Crippen LogP contribution in [0.2, 0.25) is 0 Å². The number of benzene rings is 1. The minimum absolute atomic E-state index is 0.0398. The van der Waals surface area contributed by atoms with Crippen LogP contribution < -0.4 is 4.90 Å². The number of anilines is 1. The lowest BCUT2D eigenvalue weighted by molar-refractivity contribution is -0.146. The Morgan fingerprint density at radius 1 is 0.871 bits per heavy atom.